The Labute approximate surface area is 130 Å². The first kappa shape index (κ1) is 14.9. The smallest absolute Gasteiger partial charge is 0.279 e. The number of aromatic nitrogens is 1. The zero-order chi connectivity index (χ0) is 15.5. The molecule has 1 aromatic carbocycles. The van der Waals surface area contributed by atoms with Crippen LogP contribution >= 0.6 is 0 Å². The third-order valence-corrected chi connectivity index (χ3v) is 4.34. The van der Waals surface area contributed by atoms with Crippen LogP contribution in [0.3, 0.4) is 0 Å². The highest BCUT2D eigenvalue weighted by Crippen LogP contribution is 2.22. The Morgan fingerprint density at radius 2 is 1.95 bits per heavy atom. The average Bonchev–Trinajstić information content (AvgIpc) is 2.49. The largest absolute Gasteiger partial charge is 0.328 e. The Bertz CT molecular complexity index is 677. The number of rotatable bonds is 3. The number of hydrogen-bond donors (Lipinski definition) is 3. The number of piperazine rings is 1. The number of likely N-dealkylation sites (N-methyl/N-ethyl adjacent to an activating group) is 1. The van der Waals surface area contributed by atoms with Crippen LogP contribution in [-0.4, -0.2) is 50.7 Å². The molecule has 0 saturated carbocycles. The fourth-order valence-corrected chi connectivity index (χ4v) is 3.04. The van der Waals surface area contributed by atoms with Crippen molar-refractivity contribution in [2.75, 3.05) is 45.1 Å². The van der Waals surface area contributed by atoms with E-state index in [2.05, 4.69) is 17.3 Å². The van der Waals surface area contributed by atoms with E-state index in [0.717, 1.165) is 48.5 Å². The Morgan fingerprint density at radius 1 is 1.23 bits per heavy atom. The molecule has 0 aliphatic carbocycles. The van der Waals surface area contributed by atoms with Gasteiger partial charge in [0, 0.05) is 11.1 Å². The van der Waals surface area contributed by atoms with E-state index in [1.807, 2.05) is 37.3 Å². The summed E-state index contributed by atoms with van der Waals surface area (Å²) < 4.78 is 0. The van der Waals surface area contributed by atoms with Gasteiger partial charge in [0.2, 0.25) is 0 Å². The van der Waals surface area contributed by atoms with Gasteiger partial charge in [0.05, 0.1) is 18.3 Å². The number of nitrogens with one attached hydrogen (secondary N) is 3. The highest BCUT2D eigenvalue weighted by molar-refractivity contribution is 6.01. The van der Waals surface area contributed by atoms with Crippen LogP contribution in [0.4, 0.5) is 5.69 Å². The maximum atomic E-state index is 12.4. The average molecular weight is 300 g/mol. The molecule has 5 nitrogen and oxygen atoms in total. The first-order chi connectivity index (χ1) is 10.6. The minimum absolute atomic E-state index is 0.0882. The normalized spacial score (nSPS) is 21.7. The molecule has 22 heavy (non-hydrogen) atoms. The maximum Gasteiger partial charge on any atom is 0.279 e. The van der Waals surface area contributed by atoms with E-state index in [0.29, 0.717) is 6.54 Å². The maximum absolute atomic E-state index is 12.4. The van der Waals surface area contributed by atoms with Gasteiger partial charge in [-0.25, -0.2) is 0 Å². The van der Waals surface area contributed by atoms with Gasteiger partial charge in [0.1, 0.15) is 26.2 Å². The van der Waals surface area contributed by atoms with E-state index in [1.54, 1.807) is 4.90 Å². The molecule has 3 N–H and O–H groups in total. The van der Waals surface area contributed by atoms with Gasteiger partial charge in [-0.3, -0.25) is 9.78 Å². The number of carbonyl (C=O) groups is 1. The molecule has 0 unspecified atom stereocenters. The van der Waals surface area contributed by atoms with Gasteiger partial charge in [-0.05, 0) is 19.1 Å². The van der Waals surface area contributed by atoms with Gasteiger partial charge >= 0.3 is 0 Å². The van der Waals surface area contributed by atoms with E-state index < -0.39 is 0 Å². The fourth-order valence-electron chi connectivity index (χ4n) is 3.04. The molecule has 1 saturated heterocycles. The monoisotopic (exact) mass is 300 g/mol. The zero-order valence-electron chi connectivity index (χ0n) is 13.3. The summed E-state index contributed by atoms with van der Waals surface area (Å²) in [6, 6.07) is 9.88. The molecule has 1 amide bonds. The lowest BCUT2D eigenvalue weighted by atomic mass is 10.1. The number of carbonyl (C=O) groups excluding carboxylic acids is 1. The van der Waals surface area contributed by atoms with Crippen LogP contribution in [0, 0.1) is 6.92 Å². The van der Waals surface area contributed by atoms with Gasteiger partial charge < -0.3 is 15.1 Å². The molecule has 0 spiro atoms. The lowest BCUT2D eigenvalue weighted by Gasteiger charge is -2.26. The van der Waals surface area contributed by atoms with E-state index in [-0.39, 0.29) is 5.91 Å². The SMILES string of the molecule is Cc1cc(NC(=O)C[NH+]2CC[NH+](C)CC2)c2ccccc2n1. The van der Waals surface area contributed by atoms with Crippen LogP contribution in [0.25, 0.3) is 10.9 Å². The van der Waals surface area contributed by atoms with Crippen molar-refractivity contribution in [3.8, 4) is 0 Å². The number of amides is 1. The van der Waals surface area contributed by atoms with Gasteiger partial charge in [0.25, 0.3) is 5.91 Å². The van der Waals surface area contributed by atoms with Gasteiger partial charge in [0.15, 0.2) is 6.54 Å². The predicted molar refractivity (Wildman–Crippen MR) is 87.3 cm³/mol. The quantitative estimate of drug-likeness (QED) is 0.674. The number of para-hydroxylation sites is 1. The number of hydrogen-bond acceptors (Lipinski definition) is 2. The fraction of sp³-hybridized carbons (Fsp3) is 0.412. The van der Waals surface area contributed by atoms with E-state index in [4.69, 9.17) is 0 Å². The lowest BCUT2D eigenvalue weighted by molar-refractivity contribution is -0.999. The van der Waals surface area contributed by atoms with Crippen LogP contribution in [0.2, 0.25) is 0 Å². The highest BCUT2D eigenvalue weighted by Gasteiger charge is 2.22. The minimum Gasteiger partial charge on any atom is -0.328 e. The van der Waals surface area contributed by atoms with Crippen molar-refractivity contribution in [2.45, 2.75) is 6.92 Å². The molecule has 0 radical (unpaired) electrons. The predicted octanol–water partition coefficient (Wildman–Crippen LogP) is -1.11. The number of aryl methyl sites for hydroxylation is 1. The molecule has 2 aromatic rings. The van der Waals surface area contributed by atoms with Crippen molar-refractivity contribution >= 4 is 22.5 Å². The van der Waals surface area contributed by atoms with E-state index in [1.165, 1.54) is 4.90 Å². The van der Waals surface area contributed by atoms with Gasteiger partial charge in [-0.1, -0.05) is 18.2 Å². The second-order valence-corrected chi connectivity index (χ2v) is 6.26. The number of nitrogens with zero attached hydrogens (tertiary/aromatic N) is 1. The second kappa shape index (κ2) is 6.42. The van der Waals surface area contributed by atoms with Crippen LogP contribution in [0.1, 0.15) is 5.69 Å². The number of pyridine rings is 1. The van der Waals surface area contributed by atoms with Crippen LogP contribution in [-0.2, 0) is 4.79 Å². The Morgan fingerprint density at radius 3 is 2.73 bits per heavy atom. The molecule has 2 heterocycles. The first-order valence-electron chi connectivity index (χ1n) is 7.93. The Hall–Kier alpha value is -1.98. The molecule has 0 bridgehead atoms. The Kier molecular flexibility index (Phi) is 4.36. The molecule has 3 rings (SSSR count). The summed E-state index contributed by atoms with van der Waals surface area (Å²) >= 11 is 0. The molecule has 116 valence electrons. The summed E-state index contributed by atoms with van der Waals surface area (Å²) in [4.78, 5) is 19.8. The van der Waals surface area contributed by atoms with Crippen molar-refractivity contribution in [3.05, 3.63) is 36.0 Å². The second-order valence-electron chi connectivity index (χ2n) is 6.26. The first-order valence-corrected chi connectivity index (χ1v) is 7.93. The number of benzene rings is 1. The van der Waals surface area contributed by atoms with Crippen LogP contribution in [0.15, 0.2) is 30.3 Å². The van der Waals surface area contributed by atoms with Crippen molar-refractivity contribution < 1.29 is 14.6 Å². The molecule has 5 heteroatoms. The summed E-state index contributed by atoms with van der Waals surface area (Å²) in [5.41, 5.74) is 2.71. The van der Waals surface area contributed by atoms with Gasteiger partial charge in [-0.15, -0.1) is 0 Å². The summed E-state index contributed by atoms with van der Waals surface area (Å²) in [5, 5.41) is 4.08. The molecule has 1 fully saturated rings. The van der Waals surface area contributed by atoms with Gasteiger partial charge in [-0.2, -0.15) is 0 Å². The molecule has 1 aliphatic rings. The van der Waals surface area contributed by atoms with E-state index >= 15 is 0 Å². The van der Waals surface area contributed by atoms with Crippen LogP contribution < -0.4 is 15.1 Å². The third-order valence-electron chi connectivity index (χ3n) is 4.34. The number of quaternary nitrogens is 2. The summed E-state index contributed by atoms with van der Waals surface area (Å²) in [7, 11) is 2.21. The zero-order valence-corrected chi connectivity index (χ0v) is 13.3. The highest BCUT2D eigenvalue weighted by atomic mass is 16.2. The lowest BCUT2D eigenvalue weighted by Crippen LogP contribution is -3.27. The minimum atomic E-state index is 0.0882. The summed E-state index contributed by atoms with van der Waals surface area (Å²) in [6.07, 6.45) is 0. The van der Waals surface area contributed by atoms with Crippen LogP contribution in [0.5, 0.6) is 0 Å². The van der Waals surface area contributed by atoms with Crippen molar-refractivity contribution in [1.29, 1.82) is 0 Å². The molecule has 0 atom stereocenters. The van der Waals surface area contributed by atoms with E-state index in [9.17, 15) is 4.79 Å². The summed E-state index contributed by atoms with van der Waals surface area (Å²) in [6.45, 7) is 6.91. The Balaban J connectivity index is 1.71. The van der Waals surface area contributed by atoms with Crippen molar-refractivity contribution in [2.24, 2.45) is 0 Å². The molecular weight excluding hydrogens is 276 g/mol. The van der Waals surface area contributed by atoms with Crippen molar-refractivity contribution in [1.82, 2.24) is 4.98 Å². The van der Waals surface area contributed by atoms with Crippen molar-refractivity contribution in [3.63, 3.8) is 0 Å². The topological polar surface area (TPSA) is 50.9 Å². The standard InChI is InChI=1S/C17H22N4O/c1-13-11-16(14-5-3-4-6-15(14)18-13)19-17(22)12-21-9-7-20(2)8-10-21/h3-6,11H,7-10,12H2,1-2H3,(H,18,19,22)/p+2. The third kappa shape index (κ3) is 3.43. The molecular formula is C17H24N4O+2. The molecule has 1 aromatic heterocycles. The number of anilines is 1. The summed E-state index contributed by atoms with van der Waals surface area (Å²) in [5.74, 6) is 0.0882. The molecule has 1 aliphatic heterocycles. The number of fused-ring (bicyclic) bond motifs is 1.